The number of aryl methyl sites for hydroxylation is 1. The minimum Gasteiger partial charge on any atom is -0.494 e. The van der Waals surface area contributed by atoms with Gasteiger partial charge in [-0.2, -0.15) is 0 Å². The molecule has 0 aliphatic carbocycles. The highest BCUT2D eigenvalue weighted by atomic mass is 79.9. The van der Waals surface area contributed by atoms with Crippen LogP contribution in [0.2, 0.25) is 0 Å². The number of amides is 1. The average molecular weight is 336 g/mol. The van der Waals surface area contributed by atoms with E-state index in [1.807, 2.05) is 13.0 Å². The summed E-state index contributed by atoms with van der Waals surface area (Å²) in [7, 11) is 1.49. The van der Waals surface area contributed by atoms with E-state index in [-0.39, 0.29) is 5.91 Å². The van der Waals surface area contributed by atoms with Crippen molar-refractivity contribution in [1.82, 2.24) is 4.98 Å². The number of pyridine rings is 1. The second kappa shape index (κ2) is 5.92. The van der Waals surface area contributed by atoms with E-state index in [9.17, 15) is 4.79 Å². The summed E-state index contributed by atoms with van der Waals surface area (Å²) in [6, 6.07) is 5.22. The number of ether oxygens (including phenoxy) is 1. The van der Waals surface area contributed by atoms with Crippen LogP contribution >= 0.6 is 15.9 Å². The van der Waals surface area contributed by atoms with Gasteiger partial charge in [0, 0.05) is 10.7 Å². The van der Waals surface area contributed by atoms with Crippen molar-refractivity contribution in [2.75, 3.05) is 18.2 Å². The molecule has 3 N–H and O–H groups in total. The molecule has 20 heavy (non-hydrogen) atoms. The number of carbonyl (C=O) groups is 1. The fourth-order valence-electron chi connectivity index (χ4n) is 1.85. The second-order valence-corrected chi connectivity index (χ2v) is 5.13. The lowest BCUT2D eigenvalue weighted by Gasteiger charge is -2.13. The highest BCUT2D eigenvalue weighted by molar-refractivity contribution is 9.10. The molecule has 1 aromatic carbocycles. The molecule has 2 aromatic rings. The van der Waals surface area contributed by atoms with Crippen LogP contribution in [-0.4, -0.2) is 18.0 Å². The molecule has 0 bridgehead atoms. The van der Waals surface area contributed by atoms with Crippen LogP contribution in [0.15, 0.2) is 35.1 Å². The van der Waals surface area contributed by atoms with Gasteiger partial charge in [0.1, 0.15) is 5.75 Å². The molecule has 1 aromatic heterocycles. The molecule has 104 valence electrons. The highest BCUT2D eigenvalue weighted by Crippen LogP contribution is 2.29. The predicted octanol–water partition coefficient (Wildman–Crippen LogP) is 3.00. The molecular weight excluding hydrogens is 322 g/mol. The van der Waals surface area contributed by atoms with Crippen molar-refractivity contribution in [3.05, 3.63) is 46.2 Å². The predicted molar refractivity (Wildman–Crippen MR) is 82.0 cm³/mol. The van der Waals surface area contributed by atoms with E-state index in [2.05, 4.69) is 26.2 Å². The molecule has 0 atom stereocenters. The monoisotopic (exact) mass is 335 g/mol. The van der Waals surface area contributed by atoms with Gasteiger partial charge in [-0.05, 0) is 30.7 Å². The van der Waals surface area contributed by atoms with E-state index in [0.717, 1.165) is 10.0 Å². The van der Waals surface area contributed by atoms with Crippen molar-refractivity contribution in [2.45, 2.75) is 6.92 Å². The number of nitrogens with two attached hydrogens (primary N) is 1. The van der Waals surface area contributed by atoms with Gasteiger partial charge in [0.05, 0.1) is 30.2 Å². The van der Waals surface area contributed by atoms with Gasteiger partial charge in [0.2, 0.25) is 0 Å². The number of nitrogen functional groups attached to an aromatic ring is 1. The summed E-state index contributed by atoms with van der Waals surface area (Å²) >= 11 is 3.36. The summed E-state index contributed by atoms with van der Waals surface area (Å²) in [6.45, 7) is 1.88. The number of nitrogens with one attached hydrogen (secondary N) is 1. The summed E-state index contributed by atoms with van der Waals surface area (Å²) in [5.41, 5.74) is 8.30. The summed E-state index contributed by atoms with van der Waals surface area (Å²) in [5.74, 6) is 0.125. The van der Waals surface area contributed by atoms with Crippen molar-refractivity contribution in [1.29, 1.82) is 0 Å². The molecule has 1 amide bonds. The van der Waals surface area contributed by atoms with E-state index >= 15 is 0 Å². The van der Waals surface area contributed by atoms with Crippen LogP contribution in [0.4, 0.5) is 11.4 Å². The Bertz CT molecular complexity index is 636. The first kappa shape index (κ1) is 14.3. The summed E-state index contributed by atoms with van der Waals surface area (Å²) < 4.78 is 5.99. The molecule has 0 saturated heterocycles. The molecule has 5 nitrogen and oxygen atoms in total. The fraction of sp³-hybridized carbons (Fsp3) is 0.143. The largest absolute Gasteiger partial charge is 0.494 e. The van der Waals surface area contributed by atoms with Gasteiger partial charge in [-0.3, -0.25) is 9.78 Å². The maximum Gasteiger partial charge on any atom is 0.259 e. The maximum atomic E-state index is 12.3. The summed E-state index contributed by atoms with van der Waals surface area (Å²) in [5, 5.41) is 2.80. The number of benzene rings is 1. The van der Waals surface area contributed by atoms with Gasteiger partial charge in [-0.25, -0.2) is 0 Å². The van der Waals surface area contributed by atoms with Gasteiger partial charge in [0.15, 0.2) is 0 Å². The minimum absolute atomic E-state index is 0.290. The van der Waals surface area contributed by atoms with Crippen molar-refractivity contribution >= 4 is 33.2 Å². The Morgan fingerprint density at radius 3 is 2.85 bits per heavy atom. The smallest absolute Gasteiger partial charge is 0.259 e. The summed E-state index contributed by atoms with van der Waals surface area (Å²) in [4.78, 5) is 16.2. The third kappa shape index (κ3) is 2.91. The Morgan fingerprint density at radius 2 is 2.20 bits per heavy atom. The SMILES string of the molecule is COc1cnccc1C(=O)Nc1c(C)cc(Br)cc1N. The average Bonchev–Trinajstić information content (AvgIpc) is 2.42. The summed E-state index contributed by atoms with van der Waals surface area (Å²) in [6.07, 6.45) is 3.03. The Labute approximate surface area is 125 Å². The van der Waals surface area contributed by atoms with E-state index in [1.54, 1.807) is 12.1 Å². The molecule has 1 heterocycles. The van der Waals surface area contributed by atoms with Crippen LogP contribution in [-0.2, 0) is 0 Å². The van der Waals surface area contributed by atoms with Crippen molar-refractivity contribution in [2.24, 2.45) is 0 Å². The van der Waals surface area contributed by atoms with Crippen molar-refractivity contribution < 1.29 is 9.53 Å². The van der Waals surface area contributed by atoms with Crippen molar-refractivity contribution in [3.8, 4) is 5.75 Å². The zero-order valence-corrected chi connectivity index (χ0v) is 12.7. The Kier molecular flexibility index (Phi) is 4.24. The number of aromatic nitrogens is 1. The normalized spacial score (nSPS) is 10.2. The van der Waals surface area contributed by atoms with Gasteiger partial charge < -0.3 is 15.8 Å². The van der Waals surface area contributed by atoms with Crippen LogP contribution in [0.3, 0.4) is 0 Å². The van der Waals surface area contributed by atoms with E-state index in [1.165, 1.54) is 19.5 Å². The quantitative estimate of drug-likeness (QED) is 0.845. The Morgan fingerprint density at radius 1 is 1.45 bits per heavy atom. The molecule has 0 aliphatic rings. The number of hydrogen-bond donors (Lipinski definition) is 2. The number of nitrogens with zero attached hydrogens (tertiary/aromatic N) is 1. The minimum atomic E-state index is -0.290. The highest BCUT2D eigenvalue weighted by Gasteiger charge is 2.15. The van der Waals surface area contributed by atoms with Gasteiger partial charge in [-0.15, -0.1) is 0 Å². The molecule has 2 rings (SSSR count). The molecule has 0 spiro atoms. The number of rotatable bonds is 3. The number of halogens is 1. The number of methoxy groups -OCH3 is 1. The van der Waals surface area contributed by atoms with E-state index in [0.29, 0.717) is 22.7 Å². The number of anilines is 2. The van der Waals surface area contributed by atoms with Gasteiger partial charge >= 0.3 is 0 Å². The third-order valence-electron chi connectivity index (χ3n) is 2.82. The zero-order valence-electron chi connectivity index (χ0n) is 11.1. The first-order chi connectivity index (χ1) is 9.52. The van der Waals surface area contributed by atoms with Crippen LogP contribution in [0.5, 0.6) is 5.75 Å². The molecule has 0 radical (unpaired) electrons. The van der Waals surface area contributed by atoms with Crippen LogP contribution < -0.4 is 15.8 Å². The molecule has 0 unspecified atom stereocenters. The molecular formula is C14H14BrN3O2. The molecule has 0 aliphatic heterocycles. The standard InChI is InChI=1S/C14H14BrN3O2/c1-8-5-9(15)6-11(16)13(8)18-14(19)10-3-4-17-7-12(10)20-2/h3-7H,16H2,1-2H3,(H,18,19). The van der Waals surface area contributed by atoms with Crippen LogP contribution in [0.1, 0.15) is 15.9 Å². The maximum absolute atomic E-state index is 12.3. The van der Waals surface area contributed by atoms with Gasteiger partial charge in [-0.1, -0.05) is 15.9 Å². The van der Waals surface area contributed by atoms with Gasteiger partial charge in [0.25, 0.3) is 5.91 Å². The van der Waals surface area contributed by atoms with Crippen molar-refractivity contribution in [3.63, 3.8) is 0 Å². The lowest BCUT2D eigenvalue weighted by atomic mass is 10.1. The van der Waals surface area contributed by atoms with Crippen LogP contribution in [0, 0.1) is 6.92 Å². The lowest BCUT2D eigenvalue weighted by Crippen LogP contribution is -2.15. The topological polar surface area (TPSA) is 77.2 Å². The number of hydrogen-bond acceptors (Lipinski definition) is 4. The zero-order chi connectivity index (χ0) is 14.7. The Hall–Kier alpha value is -2.08. The van der Waals surface area contributed by atoms with Crippen LogP contribution in [0.25, 0.3) is 0 Å². The first-order valence-corrected chi connectivity index (χ1v) is 6.67. The second-order valence-electron chi connectivity index (χ2n) is 4.22. The fourth-order valence-corrected chi connectivity index (χ4v) is 2.44. The first-order valence-electron chi connectivity index (χ1n) is 5.88. The Balaban J connectivity index is 2.33. The lowest BCUT2D eigenvalue weighted by molar-refractivity contribution is 0.102. The molecule has 0 saturated carbocycles. The van der Waals surface area contributed by atoms with E-state index < -0.39 is 0 Å². The van der Waals surface area contributed by atoms with E-state index in [4.69, 9.17) is 10.5 Å². The molecule has 6 heteroatoms. The molecule has 0 fully saturated rings. The number of carbonyl (C=O) groups excluding carboxylic acids is 1. The third-order valence-corrected chi connectivity index (χ3v) is 3.28.